The van der Waals surface area contributed by atoms with Crippen LogP contribution in [-0.2, 0) is 0 Å². The van der Waals surface area contributed by atoms with Crippen molar-refractivity contribution in [3.63, 3.8) is 0 Å². The van der Waals surface area contributed by atoms with Crippen molar-refractivity contribution in [2.45, 2.75) is 0 Å². The van der Waals surface area contributed by atoms with Gasteiger partial charge in [0.25, 0.3) is 0 Å². The van der Waals surface area contributed by atoms with Crippen LogP contribution in [-0.4, -0.2) is 10.1 Å². The number of rotatable bonds is 2. The zero-order valence-electron chi connectivity index (χ0n) is 10.2. The molecule has 0 aliphatic carbocycles. The van der Waals surface area contributed by atoms with Crippen LogP contribution in [0.2, 0.25) is 0 Å². The molecule has 0 amide bonds. The molecule has 3 aromatic rings. The summed E-state index contributed by atoms with van der Waals surface area (Å²) in [4.78, 5) is 4.01. The maximum absolute atomic E-state index is 5.92. The Hall–Kier alpha value is -1.66. The smallest absolute Gasteiger partial charge is 0.230 e. The lowest BCUT2D eigenvalue weighted by atomic mass is 10.0. The third kappa shape index (κ3) is 2.36. The normalized spacial score (nSPS) is 10.7. The molecule has 2 heterocycles. The lowest BCUT2D eigenvalue weighted by Crippen LogP contribution is -1.89. The van der Waals surface area contributed by atoms with Crippen molar-refractivity contribution in [2.75, 3.05) is 5.73 Å². The van der Waals surface area contributed by atoms with E-state index in [1.165, 1.54) is 0 Å². The van der Waals surface area contributed by atoms with Crippen molar-refractivity contribution in [3.8, 4) is 22.4 Å². The molecule has 0 unspecified atom stereocenters. The first kappa shape index (κ1) is 13.3. The number of hydrogen-bond acceptors (Lipinski definition) is 4. The highest BCUT2D eigenvalue weighted by Gasteiger charge is 2.19. The van der Waals surface area contributed by atoms with E-state index in [-0.39, 0.29) is 5.88 Å². The molecule has 0 spiro atoms. The Morgan fingerprint density at radius 1 is 1.05 bits per heavy atom. The van der Waals surface area contributed by atoms with Gasteiger partial charge in [0, 0.05) is 26.9 Å². The van der Waals surface area contributed by atoms with Gasteiger partial charge < -0.3 is 10.3 Å². The first-order valence-electron chi connectivity index (χ1n) is 5.78. The van der Waals surface area contributed by atoms with Crippen molar-refractivity contribution >= 4 is 37.7 Å². The molecule has 3 rings (SSSR count). The van der Waals surface area contributed by atoms with E-state index in [0.29, 0.717) is 5.69 Å². The van der Waals surface area contributed by atoms with E-state index in [1.54, 1.807) is 12.4 Å². The summed E-state index contributed by atoms with van der Waals surface area (Å²) in [5.74, 6) is 0.290. The van der Waals surface area contributed by atoms with Crippen LogP contribution < -0.4 is 5.73 Å². The Bertz CT molecular complexity index is 756. The lowest BCUT2D eigenvalue weighted by molar-refractivity contribution is 0.439. The average Bonchev–Trinajstić information content (AvgIpc) is 2.84. The van der Waals surface area contributed by atoms with Gasteiger partial charge in [0.05, 0.1) is 5.56 Å². The van der Waals surface area contributed by atoms with E-state index in [0.717, 1.165) is 25.6 Å². The van der Waals surface area contributed by atoms with Crippen LogP contribution in [0, 0.1) is 0 Å². The fourth-order valence-electron chi connectivity index (χ4n) is 1.96. The summed E-state index contributed by atoms with van der Waals surface area (Å²) in [6, 6.07) is 9.60. The maximum Gasteiger partial charge on any atom is 0.230 e. The molecule has 2 aromatic heterocycles. The Morgan fingerprint density at radius 2 is 1.80 bits per heavy atom. The Morgan fingerprint density at radius 3 is 2.55 bits per heavy atom. The van der Waals surface area contributed by atoms with Gasteiger partial charge in [-0.25, -0.2) is 0 Å². The first-order valence-corrected chi connectivity index (χ1v) is 7.36. The molecule has 0 saturated heterocycles. The molecule has 100 valence electrons. The standard InChI is InChI=1S/C14H9Br2N3O/c15-9-1-2-11(16)10(7-9)13-12(14(17)20-19-13)8-3-5-18-6-4-8/h1-7H,17H2. The number of aromatic nitrogens is 2. The van der Waals surface area contributed by atoms with Crippen LogP contribution in [0.15, 0.2) is 56.2 Å². The highest BCUT2D eigenvalue weighted by atomic mass is 79.9. The van der Waals surface area contributed by atoms with Gasteiger partial charge in [-0.3, -0.25) is 4.98 Å². The number of nitrogens with two attached hydrogens (primary N) is 1. The third-order valence-electron chi connectivity index (χ3n) is 2.87. The molecule has 6 heteroatoms. The second kappa shape index (κ2) is 5.38. The van der Waals surface area contributed by atoms with Crippen molar-refractivity contribution in [2.24, 2.45) is 0 Å². The van der Waals surface area contributed by atoms with Crippen molar-refractivity contribution < 1.29 is 4.52 Å². The summed E-state index contributed by atoms with van der Waals surface area (Å²) >= 11 is 6.99. The Balaban J connectivity index is 2.24. The fourth-order valence-corrected chi connectivity index (χ4v) is 2.76. The van der Waals surface area contributed by atoms with E-state index < -0.39 is 0 Å². The highest BCUT2D eigenvalue weighted by Crippen LogP contribution is 2.39. The molecule has 4 nitrogen and oxygen atoms in total. The molecule has 1 aromatic carbocycles. The van der Waals surface area contributed by atoms with Crippen molar-refractivity contribution in [1.82, 2.24) is 10.1 Å². The summed E-state index contributed by atoms with van der Waals surface area (Å²) in [6.45, 7) is 0. The minimum atomic E-state index is 0.290. The van der Waals surface area contributed by atoms with E-state index in [2.05, 4.69) is 42.0 Å². The topological polar surface area (TPSA) is 64.9 Å². The number of halogens is 2. The molecular formula is C14H9Br2N3O. The number of benzene rings is 1. The summed E-state index contributed by atoms with van der Waals surface area (Å²) in [5, 5.41) is 4.09. The summed E-state index contributed by atoms with van der Waals surface area (Å²) in [7, 11) is 0. The van der Waals surface area contributed by atoms with E-state index in [4.69, 9.17) is 10.3 Å². The summed E-state index contributed by atoms with van der Waals surface area (Å²) < 4.78 is 7.05. The van der Waals surface area contributed by atoms with E-state index >= 15 is 0 Å². The van der Waals surface area contributed by atoms with Gasteiger partial charge in [0.1, 0.15) is 5.69 Å². The van der Waals surface area contributed by atoms with Gasteiger partial charge in [-0.1, -0.05) is 37.0 Å². The number of pyridine rings is 1. The molecule has 0 fully saturated rings. The minimum Gasteiger partial charge on any atom is -0.367 e. The number of nitrogen functional groups attached to an aromatic ring is 1. The van der Waals surface area contributed by atoms with Crippen LogP contribution in [0.4, 0.5) is 5.88 Å². The molecule has 2 N–H and O–H groups in total. The highest BCUT2D eigenvalue weighted by molar-refractivity contribution is 9.11. The van der Waals surface area contributed by atoms with Crippen LogP contribution in [0.3, 0.4) is 0 Å². The SMILES string of the molecule is Nc1onc(-c2cc(Br)ccc2Br)c1-c1ccncc1. The molecule has 20 heavy (non-hydrogen) atoms. The summed E-state index contributed by atoms with van der Waals surface area (Å²) in [5.41, 5.74) is 9.21. The zero-order chi connectivity index (χ0) is 14.1. The largest absolute Gasteiger partial charge is 0.367 e. The second-order valence-corrected chi connectivity index (χ2v) is 5.90. The number of anilines is 1. The molecule has 0 bridgehead atoms. The molecule has 0 aliphatic rings. The minimum absolute atomic E-state index is 0.290. The first-order chi connectivity index (χ1) is 9.66. The molecule has 0 saturated carbocycles. The van der Waals surface area contributed by atoms with Gasteiger partial charge in [-0.2, -0.15) is 0 Å². The van der Waals surface area contributed by atoms with Gasteiger partial charge in [0.15, 0.2) is 0 Å². The maximum atomic E-state index is 5.92. The van der Waals surface area contributed by atoms with Crippen LogP contribution in [0.25, 0.3) is 22.4 Å². The molecule has 0 aliphatic heterocycles. The van der Waals surface area contributed by atoms with Crippen molar-refractivity contribution in [1.29, 1.82) is 0 Å². The van der Waals surface area contributed by atoms with Crippen LogP contribution in [0.5, 0.6) is 0 Å². The average molecular weight is 395 g/mol. The van der Waals surface area contributed by atoms with Gasteiger partial charge >= 0.3 is 0 Å². The van der Waals surface area contributed by atoms with Crippen molar-refractivity contribution in [3.05, 3.63) is 51.7 Å². The molecule has 0 radical (unpaired) electrons. The Labute approximate surface area is 132 Å². The van der Waals surface area contributed by atoms with Gasteiger partial charge in [0.2, 0.25) is 5.88 Å². The monoisotopic (exact) mass is 393 g/mol. The molecule has 0 atom stereocenters. The van der Waals surface area contributed by atoms with E-state index in [1.807, 2.05) is 30.3 Å². The van der Waals surface area contributed by atoms with E-state index in [9.17, 15) is 0 Å². The van der Waals surface area contributed by atoms with Crippen LogP contribution >= 0.6 is 31.9 Å². The Kier molecular flexibility index (Phi) is 3.58. The fraction of sp³-hybridized carbons (Fsp3) is 0. The zero-order valence-corrected chi connectivity index (χ0v) is 13.3. The predicted octanol–water partition coefficient (Wildman–Crippen LogP) is 4.51. The second-order valence-electron chi connectivity index (χ2n) is 4.13. The number of nitrogens with zero attached hydrogens (tertiary/aromatic N) is 2. The van der Waals surface area contributed by atoms with Gasteiger partial charge in [-0.05, 0) is 35.9 Å². The quantitative estimate of drug-likeness (QED) is 0.694. The van der Waals surface area contributed by atoms with Crippen LogP contribution in [0.1, 0.15) is 0 Å². The third-order valence-corrected chi connectivity index (χ3v) is 4.06. The summed E-state index contributed by atoms with van der Waals surface area (Å²) in [6.07, 6.45) is 3.42. The van der Waals surface area contributed by atoms with Gasteiger partial charge in [-0.15, -0.1) is 0 Å². The molecular weight excluding hydrogens is 386 g/mol. The lowest BCUT2D eigenvalue weighted by Gasteiger charge is -2.05. The predicted molar refractivity (Wildman–Crippen MR) is 85.0 cm³/mol. The number of hydrogen-bond donors (Lipinski definition) is 1.